The first kappa shape index (κ1) is 24.7. The molecule has 0 aromatic heterocycles. The maximum atomic E-state index is 13.0. The minimum absolute atomic E-state index is 0.0523. The molecular weight excluding hydrogens is 468 g/mol. The zero-order valence-corrected chi connectivity index (χ0v) is 19.2. The van der Waals surface area contributed by atoms with E-state index in [1.54, 1.807) is 18.2 Å². The summed E-state index contributed by atoms with van der Waals surface area (Å²) in [6.45, 7) is 2.32. The van der Waals surface area contributed by atoms with Crippen LogP contribution in [0.5, 0.6) is 11.5 Å². The van der Waals surface area contributed by atoms with Crippen LogP contribution in [-0.4, -0.2) is 53.9 Å². The summed E-state index contributed by atoms with van der Waals surface area (Å²) >= 11 is 6.03. The predicted octanol–water partition coefficient (Wildman–Crippen LogP) is 1.67. The van der Waals surface area contributed by atoms with Gasteiger partial charge in [0.05, 0.1) is 0 Å². The minimum atomic E-state index is -1.33. The Balaban J connectivity index is 1.93. The zero-order valence-electron chi connectivity index (χ0n) is 18.4. The summed E-state index contributed by atoms with van der Waals surface area (Å²) < 4.78 is 10.0. The number of carbonyl (C=O) groups excluding carboxylic acids is 5. The van der Waals surface area contributed by atoms with Gasteiger partial charge in [-0.05, 0) is 30.3 Å². The van der Waals surface area contributed by atoms with E-state index in [9.17, 15) is 24.0 Å². The molecule has 34 heavy (non-hydrogen) atoms. The number of nitrogens with zero attached hydrogens (tertiary/aromatic N) is 2. The van der Waals surface area contributed by atoms with Crippen molar-refractivity contribution in [2.45, 2.75) is 26.1 Å². The van der Waals surface area contributed by atoms with Gasteiger partial charge in [-0.1, -0.05) is 17.7 Å². The summed E-state index contributed by atoms with van der Waals surface area (Å²) in [4.78, 5) is 63.2. The van der Waals surface area contributed by atoms with Crippen molar-refractivity contribution in [3.8, 4) is 11.5 Å². The highest BCUT2D eigenvalue weighted by Gasteiger charge is 2.44. The Kier molecular flexibility index (Phi) is 7.18. The Morgan fingerprint density at radius 2 is 1.59 bits per heavy atom. The normalized spacial score (nSPS) is 17.9. The van der Waals surface area contributed by atoms with Crippen LogP contribution in [-0.2, 0) is 14.4 Å². The van der Waals surface area contributed by atoms with Gasteiger partial charge in [-0.25, -0.2) is 4.79 Å². The molecule has 4 amide bonds. The van der Waals surface area contributed by atoms with Crippen molar-refractivity contribution in [3.63, 3.8) is 0 Å². The number of urea groups is 1. The van der Waals surface area contributed by atoms with Crippen molar-refractivity contribution < 1.29 is 33.4 Å². The van der Waals surface area contributed by atoms with Crippen LogP contribution in [0, 0.1) is 0 Å². The first-order chi connectivity index (χ1) is 16.0. The topological polar surface area (TPSA) is 148 Å². The van der Waals surface area contributed by atoms with E-state index in [2.05, 4.69) is 5.32 Å². The molecule has 0 spiro atoms. The van der Waals surface area contributed by atoms with Crippen LogP contribution in [0.1, 0.15) is 24.2 Å². The van der Waals surface area contributed by atoms with E-state index in [1.165, 1.54) is 31.3 Å². The van der Waals surface area contributed by atoms with Gasteiger partial charge in [-0.2, -0.15) is 0 Å². The standard InChI is InChI=1S/C22H21ClN4O7/c1-11(28)33-16-7-13(8-17(10-16)34-12(2)29)20(30)25-18-19(24)27(22(32)26(3)21(18)31)15-6-4-5-14(23)9-15/h4-10,18-19H,24H2,1-3H3,(H,25,30). The van der Waals surface area contributed by atoms with Gasteiger partial charge in [-0.15, -0.1) is 0 Å². The third kappa shape index (κ3) is 5.33. The van der Waals surface area contributed by atoms with Crippen LogP contribution in [0.25, 0.3) is 0 Å². The maximum absolute atomic E-state index is 13.0. The van der Waals surface area contributed by atoms with E-state index in [0.29, 0.717) is 10.7 Å². The molecule has 0 bridgehead atoms. The summed E-state index contributed by atoms with van der Waals surface area (Å²) in [5, 5.41) is 2.84. The fourth-order valence-corrected chi connectivity index (χ4v) is 3.50. The number of hydrogen-bond donors (Lipinski definition) is 2. The number of likely N-dealkylation sites (N-methyl/N-ethyl adjacent to an activating group) is 1. The monoisotopic (exact) mass is 488 g/mol. The lowest BCUT2D eigenvalue weighted by molar-refractivity contribution is -0.132. The van der Waals surface area contributed by atoms with Crippen LogP contribution in [0.3, 0.4) is 0 Å². The van der Waals surface area contributed by atoms with Gasteiger partial charge in [0.1, 0.15) is 23.7 Å². The van der Waals surface area contributed by atoms with E-state index < -0.39 is 42.0 Å². The summed E-state index contributed by atoms with van der Waals surface area (Å²) in [6, 6.07) is 7.98. The fraction of sp³-hybridized carbons (Fsp3) is 0.227. The Morgan fingerprint density at radius 1 is 1.00 bits per heavy atom. The van der Waals surface area contributed by atoms with Gasteiger partial charge >= 0.3 is 18.0 Å². The quantitative estimate of drug-likeness (QED) is 0.477. The highest BCUT2D eigenvalue weighted by atomic mass is 35.5. The SMILES string of the molecule is CC(=O)Oc1cc(OC(C)=O)cc(C(=O)NC2C(=O)N(C)C(=O)N(c3cccc(Cl)c3)C2N)c1. The number of imide groups is 1. The molecular formula is C22H21ClN4O7. The van der Waals surface area contributed by atoms with E-state index in [-0.39, 0.29) is 17.1 Å². The third-order valence-corrected chi connectivity index (χ3v) is 5.00. The number of halogens is 1. The molecule has 3 N–H and O–H groups in total. The number of ether oxygens (including phenoxy) is 2. The molecule has 1 fully saturated rings. The smallest absolute Gasteiger partial charge is 0.332 e. The molecule has 11 nitrogen and oxygen atoms in total. The molecule has 0 radical (unpaired) electrons. The number of nitrogens with one attached hydrogen (secondary N) is 1. The predicted molar refractivity (Wildman–Crippen MR) is 120 cm³/mol. The summed E-state index contributed by atoms with van der Waals surface area (Å²) in [5.41, 5.74) is 6.48. The lowest BCUT2D eigenvalue weighted by atomic mass is 10.1. The van der Waals surface area contributed by atoms with Gasteiger partial charge < -0.3 is 20.5 Å². The van der Waals surface area contributed by atoms with Crippen molar-refractivity contribution in [2.75, 3.05) is 11.9 Å². The molecule has 0 aliphatic carbocycles. The number of rotatable bonds is 5. The molecule has 0 saturated carbocycles. The van der Waals surface area contributed by atoms with Crippen molar-refractivity contribution in [1.29, 1.82) is 0 Å². The Hall–Kier alpha value is -3.96. The Labute approximate surface area is 199 Å². The number of carbonyl (C=O) groups is 5. The van der Waals surface area contributed by atoms with Crippen molar-refractivity contribution in [2.24, 2.45) is 5.73 Å². The average Bonchev–Trinajstić information content (AvgIpc) is 2.74. The van der Waals surface area contributed by atoms with Crippen molar-refractivity contribution >= 4 is 47.1 Å². The van der Waals surface area contributed by atoms with Crippen LogP contribution < -0.4 is 25.4 Å². The number of esters is 2. The van der Waals surface area contributed by atoms with Gasteiger partial charge in [0.2, 0.25) is 0 Å². The van der Waals surface area contributed by atoms with Gasteiger partial charge in [-0.3, -0.25) is 29.0 Å². The number of anilines is 1. The second-order valence-electron chi connectivity index (χ2n) is 7.35. The van der Waals surface area contributed by atoms with Gasteiger partial charge in [0.15, 0.2) is 0 Å². The number of nitrogens with two attached hydrogens (primary N) is 1. The molecule has 1 aliphatic heterocycles. The maximum Gasteiger partial charge on any atom is 0.332 e. The molecule has 3 rings (SSSR count). The summed E-state index contributed by atoms with van der Waals surface area (Å²) in [7, 11) is 1.26. The number of benzene rings is 2. The van der Waals surface area contributed by atoms with Crippen LogP contribution in [0.2, 0.25) is 5.02 Å². The molecule has 1 aliphatic rings. The molecule has 2 atom stereocenters. The molecule has 1 heterocycles. The average molecular weight is 489 g/mol. The second kappa shape index (κ2) is 9.89. The summed E-state index contributed by atoms with van der Waals surface area (Å²) in [6.07, 6.45) is -1.26. The van der Waals surface area contributed by atoms with Crippen LogP contribution in [0.15, 0.2) is 42.5 Å². The van der Waals surface area contributed by atoms with E-state index >= 15 is 0 Å². The van der Waals surface area contributed by atoms with E-state index in [4.69, 9.17) is 26.8 Å². The fourth-order valence-electron chi connectivity index (χ4n) is 3.32. The second-order valence-corrected chi connectivity index (χ2v) is 7.79. The minimum Gasteiger partial charge on any atom is -0.427 e. The summed E-state index contributed by atoms with van der Waals surface area (Å²) in [5.74, 6) is -2.95. The zero-order chi connectivity index (χ0) is 25.2. The highest BCUT2D eigenvalue weighted by Crippen LogP contribution is 2.27. The lowest BCUT2D eigenvalue weighted by Gasteiger charge is -2.41. The van der Waals surface area contributed by atoms with Crippen molar-refractivity contribution in [3.05, 3.63) is 53.1 Å². The third-order valence-electron chi connectivity index (χ3n) is 4.77. The Morgan fingerprint density at radius 3 is 2.12 bits per heavy atom. The first-order valence-corrected chi connectivity index (χ1v) is 10.3. The van der Waals surface area contributed by atoms with Gasteiger partial charge in [0.25, 0.3) is 11.8 Å². The largest absolute Gasteiger partial charge is 0.427 e. The Bertz CT molecular complexity index is 1150. The molecule has 2 aromatic carbocycles. The van der Waals surface area contributed by atoms with Crippen LogP contribution in [0.4, 0.5) is 10.5 Å². The van der Waals surface area contributed by atoms with E-state index in [1.807, 2.05) is 0 Å². The molecule has 178 valence electrons. The lowest BCUT2D eigenvalue weighted by Crippen LogP contribution is -2.71. The number of amides is 4. The first-order valence-electron chi connectivity index (χ1n) is 9.92. The van der Waals surface area contributed by atoms with Crippen molar-refractivity contribution in [1.82, 2.24) is 10.2 Å². The highest BCUT2D eigenvalue weighted by molar-refractivity contribution is 6.31. The molecule has 12 heteroatoms. The van der Waals surface area contributed by atoms with Crippen LogP contribution >= 0.6 is 11.6 Å². The molecule has 2 aromatic rings. The number of hydrogen-bond acceptors (Lipinski definition) is 8. The molecule has 1 saturated heterocycles. The molecule has 2 unspecified atom stereocenters. The van der Waals surface area contributed by atoms with Gasteiger partial charge in [0, 0.05) is 43.2 Å². The van der Waals surface area contributed by atoms with E-state index in [0.717, 1.165) is 23.6 Å².